The van der Waals surface area contributed by atoms with Crippen LogP contribution in [0.15, 0.2) is 0 Å². The molecule has 2 nitrogen and oxygen atoms in total. The van der Waals surface area contributed by atoms with Crippen LogP contribution in [0.1, 0.15) is 77.0 Å². The Balaban J connectivity index is 1.55. The van der Waals surface area contributed by atoms with Crippen LogP contribution in [0.2, 0.25) is 0 Å². The van der Waals surface area contributed by atoms with Crippen LogP contribution in [0.3, 0.4) is 0 Å². The predicted octanol–water partition coefficient (Wildman–Crippen LogP) is 4.34. The van der Waals surface area contributed by atoms with Crippen LogP contribution in [0, 0.1) is 0 Å². The first-order valence-electron chi connectivity index (χ1n) is 10.3. The second-order valence-electron chi connectivity index (χ2n) is 9.14. The van der Waals surface area contributed by atoms with E-state index in [4.69, 9.17) is 0 Å². The van der Waals surface area contributed by atoms with Gasteiger partial charge < -0.3 is 8.97 Å². The Morgan fingerprint density at radius 1 is 0.455 bits per heavy atom. The normalized spacial score (nSPS) is 36.3. The molecule has 0 spiro atoms. The number of quaternary nitrogens is 2. The molecule has 0 aromatic carbocycles. The van der Waals surface area contributed by atoms with Gasteiger partial charge in [0.2, 0.25) is 0 Å². The largest absolute Gasteiger partial charge is 0.324 e. The third-order valence-corrected chi connectivity index (χ3v) is 7.59. The van der Waals surface area contributed by atoms with E-state index in [-0.39, 0.29) is 0 Å². The summed E-state index contributed by atoms with van der Waals surface area (Å²) in [5.74, 6) is 0. The molecule has 128 valence electrons. The lowest BCUT2D eigenvalue weighted by molar-refractivity contribution is -0.943. The smallest absolute Gasteiger partial charge is 0.0888 e. The molecule has 1 aliphatic carbocycles. The fraction of sp³-hybridized carbons (Fsp3) is 1.00. The van der Waals surface area contributed by atoms with Gasteiger partial charge in [-0.05, 0) is 77.0 Å². The number of hydrogen-bond donors (Lipinski definition) is 0. The minimum Gasteiger partial charge on any atom is -0.324 e. The van der Waals surface area contributed by atoms with Gasteiger partial charge in [-0.25, -0.2) is 0 Å². The van der Waals surface area contributed by atoms with E-state index in [0.29, 0.717) is 0 Å². The molecule has 2 saturated heterocycles. The first kappa shape index (κ1) is 16.8. The van der Waals surface area contributed by atoms with Crippen molar-refractivity contribution in [2.45, 2.75) is 89.1 Å². The van der Waals surface area contributed by atoms with Gasteiger partial charge in [0.25, 0.3) is 0 Å². The summed E-state index contributed by atoms with van der Waals surface area (Å²) in [6.07, 6.45) is 17.9. The average molecular weight is 309 g/mol. The van der Waals surface area contributed by atoms with Crippen molar-refractivity contribution in [2.75, 3.05) is 40.3 Å². The fourth-order valence-electron chi connectivity index (χ4n) is 5.91. The number of rotatable bonds is 2. The van der Waals surface area contributed by atoms with Crippen LogP contribution in [-0.2, 0) is 0 Å². The molecular formula is C20H40N2+2. The number of likely N-dealkylation sites (tertiary alicyclic amines) is 2. The molecular weight excluding hydrogens is 268 g/mol. The Morgan fingerprint density at radius 3 is 1.09 bits per heavy atom. The second kappa shape index (κ2) is 7.21. The highest BCUT2D eigenvalue weighted by atomic mass is 15.4. The molecule has 0 N–H and O–H groups in total. The molecule has 22 heavy (non-hydrogen) atoms. The maximum Gasteiger partial charge on any atom is 0.0888 e. The summed E-state index contributed by atoms with van der Waals surface area (Å²) in [5.41, 5.74) is 0. The maximum absolute atomic E-state index is 2.57. The first-order valence-corrected chi connectivity index (χ1v) is 10.3. The summed E-state index contributed by atoms with van der Waals surface area (Å²) in [6.45, 7) is 5.84. The average Bonchev–Trinajstić information content (AvgIpc) is 2.48. The molecule has 2 heteroatoms. The fourth-order valence-corrected chi connectivity index (χ4v) is 5.91. The Hall–Kier alpha value is -0.0800. The molecule has 3 aliphatic rings. The molecule has 0 aromatic heterocycles. The Kier molecular flexibility index (Phi) is 5.50. The molecule has 2 aliphatic heterocycles. The zero-order chi connectivity index (χ0) is 15.5. The zero-order valence-corrected chi connectivity index (χ0v) is 15.4. The summed E-state index contributed by atoms with van der Waals surface area (Å²) in [6, 6.07) is 1.96. The Labute approximate surface area is 139 Å². The lowest BCUT2D eigenvalue weighted by Crippen LogP contribution is -2.57. The van der Waals surface area contributed by atoms with Gasteiger partial charge in [-0.1, -0.05) is 0 Å². The van der Waals surface area contributed by atoms with Gasteiger partial charge in [-0.2, -0.15) is 0 Å². The summed E-state index contributed by atoms with van der Waals surface area (Å²) in [7, 11) is 5.14. The van der Waals surface area contributed by atoms with Crippen molar-refractivity contribution in [3.05, 3.63) is 0 Å². The predicted molar refractivity (Wildman–Crippen MR) is 94.8 cm³/mol. The zero-order valence-electron chi connectivity index (χ0n) is 15.4. The molecule has 0 bridgehead atoms. The molecule has 0 atom stereocenters. The third kappa shape index (κ3) is 3.70. The standard InChI is InChI=1S/C20H40N2/c1-21(15-5-3-6-16-21)19-11-9-13-20(14-10-12-19)22(2)17-7-4-8-18-22/h19-20H,3-18H2,1-2H3/q+2. The maximum atomic E-state index is 2.57. The number of hydrogen-bond acceptors (Lipinski definition) is 0. The summed E-state index contributed by atoms with van der Waals surface area (Å²) in [4.78, 5) is 0. The number of nitrogens with zero attached hydrogens (tertiary/aromatic N) is 2. The van der Waals surface area contributed by atoms with Gasteiger partial charge in [-0.15, -0.1) is 0 Å². The van der Waals surface area contributed by atoms with Gasteiger partial charge in [0, 0.05) is 0 Å². The van der Waals surface area contributed by atoms with Crippen molar-refractivity contribution in [3.8, 4) is 0 Å². The second-order valence-corrected chi connectivity index (χ2v) is 9.14. The SMILES string of the molecule is C[N+]1(C2CCCC([N+]3(C)CCCCC3)CCC2)CCCCC1. The van der Waals surface area contributed by atoms with Crippen LogP contribution < -0.4 is 0 Å². The van der Waals surface area contributed by atoms with Crippen molar-refractivity contribution >= 4 is 0 Å². The molecule has 2 heterocycles. The molecule has 3 fully saturated rings. The summed E-state index contributed by atoms with van der Waals surface area (Å²) >= 11 is 0. The van der Waals surface area contributed by atoms with Gasteiger partial charge in [-0.3, -0.25) is 0 Å². The van der Waals surface area contributed by atoms with Crippen LogP contribution in [0.25, 0.3) is 0 Å². The van der Waals surface area contributed by atoms with Gasteiger partial charge in [0.1, 0.15) is 0 Å². The van der Waals surface area contributed by atoms with Crippen LogP contribution >= 0.6 is 0 Å². The molecule has 3 rings (SSSR count). The highest BCUT2D eigenvalue weighted by Gasteiger charge is 2.38. The molecule has 0 amide bonds. The molecule has 0 radical (unpaired) electrons. The van der Waals surface area contributed by atoms with E-state index in [9.17, 15) is 0 Å². The Morgan fingerprint density at radius 2 is 0.773 bits per heavy atom. The van der Waals surface area contributed by atoms with Crippen molar-refractivity contribution in [3.63, 3.8) is 0 Å². The quantitative estimate of drug-likeness (QED) is 0.666. The van der Waals surface area contributed by atoms with Crippen molar-refractivity contribution < 1.29 is 8.97 Å². The monoisotopic (exact) mass is 308 g/mol. The van der Waals surface area contributed by atoms with E-state index in [1.165, 1.54) is 112 Å². The highest BCUT2D eigenvalue weighted by Crippen LogP contribution is 2.33. The topological polar surface area (TPSA) is 0 Å². The minimum absolute atomic E-state index is 0.980. The van der Waals surface area contributed by atoms with E-state index in [0.717, 1.165) is 12.1 Å². The van der Waals surface area contributed by atoms with Gasteiger partial charge >= 0.3 is 0 Å². The van der Waals surface area contributed by atoms with E-state index >= 15 is 0 Å². The lowest BCUT2D eigenvalue weighted by Gasteiger charge is -2.48. The van der Waals surface area contributed by atoms with Gasteiger partial charge in [0.15, 0.2) is 0 Å². The lowest BCUT2D eigenvalue weighted by atomic mass is 9.88. The van der Waals surface area contributed by atoms with Crippen LogP contribution in [0.4, 0.5) is 0 Å². The molecule has 0 unspecified atom stereocenters. The highest BCUT2D eigenvalue weighted by molar-refractivity contribution is 4.73. The van der Waals surface area contributed by atoms with Crippen molar-refractivity contribution in [2.24, 2.45) is 0 Å². The van der Waals surface area contributed by atoms with Crippen molar-refractivity contribution in [1.82, 2.24) is 0 Å². The van der Waals surface area contributed by atoms with Gasteiger partial charge in [0.05, 0.1) is 52.4 Å². The first-order chi connectivity index (χ1) is 10.6. The number of piperidine rings is 2. The molecule has 1 saturated carbocycles. The summed E-state index contributed by atoms with van der Waals surface area (Å²) in [5, 5.41) is 0. The van der Waals surface area contributed by atoms with Crippen LogP contribution in [-0.4, -0.2) is 61.3 Å². The van der Waals surface area contributed by atoms with E-state index in [2.05, 4.69) is 14.1 Å². The van der Waals surface area contributed by atoms with Crippen LogP contribution in [0.5, 0.6) is 0 Å². The van der Waals surface area contributed by atoms with E-state index in [1.54, 1.807) is 0 Å². The molecule has 0 aromatic rings. The van der Waals surface area contributed by atoms with E-state index in [1.807, 2.05) is 0 Å². The van der Waals surface area contributed by atoms with E-state index < -0.39 is 0 Å². The summed E-state index contributed by atoms with van der Waals surface area (Å²) < 4.78 is 2.83. The third-order valence-electron chi connectivity index (χ3n) is 7.59. The minimum atomic E-state index is 0.980. The Bertz CT molecular complexity index is 298. The van der Waals surface area contributed by atoms with Crippen molar-refractivity contribution in [1.29, 1.82) is 0 Å².